The number of hydrogen-bond donors (Lipinski definition) is 1. The van der Waals surface area contributed by atoms with E-state index in [1.54, 1.807) is 42.5 Å². The molecule has 0 bridgehead atoms. The first-order valence-electron chi connectivity index (χ1n) is 5.81. The summed E-state index contributed by atoms with van der Waals surface area (Å²) in [6.45, 7) is 0.112. The van der Waals surface area contributed by atoms with Crippen LogP contribution in [0.5, 0.6) is 0 Å². The molecule has 0 aliphatic rings. The van der Waals surface area contributed by atoms with E-state index in [-0.39, 0.29) is 6.61 Å². The van der Waals surface area contributed by atoms with Gasteiger partial charge in [-0.15, -0.1) is 0 Å². The molecule has 2 aromatic carbocycles. The molecule has 0 unspecified atom stereocenters. The van der Waals surface area contributed by atoms with Crippen LogP contribution in [0, 0.1) is 11.3 Å². The molecular weight excluding hydrogens is 320 g/mol. The molecule has 0 saturated heterocycles. The van der Waals surface area contributed by atoms with Gasteiger partial charge in [0.05, 0.1) is 17.2 Å². The maximum atomic E-state index is 11.9. The molecule has 0 amide bonds. The molecule has 0 atom stereocenters. The van der Waals surface area contributed by atoms with Crippen LogP contribution in [0.25, 0.3) is 0 Å². The van der Waals surface area contributed by atoms with Crippen LogP contribution in [0.3, 0.4) is 0 Å². The first kappa shape index (κ1) is 14.1. The minimum atomic E-state index is -0.458. The highest BCUT2D eigenvalue weighted by Gasteiger charge is 2.09. The number of nitrogens with zero attached hydrogens (tertiary/aromatic N) is 1. The summed E-state index contributed by atoms with van der Waals surface area (Å²) in [7, 11) is 0. The standard InChI is InChI=1S/C15H11BrN2O2/c16-13-5-12(6-14(18)7-13)15(19)20-9-11-3-1-2-10(4-11)8-17/h1-7H,9,18H2. The zero-order valence-electron chi connectivity index (χ0n) is 10.5. The van der Waals surface area contributed by atoms with Crippen molar-refractivity contribution in [2.24, 2.45) is 0 Å². The van der Waals surface area contributed by atoms with E-state index in [0.29, 0.717) is 16.8 Å². The van der Waals surface area contributed by atoms with E-state index >= 15 is 0 Å². The number of ether oxygens (including phenoxy) is 1. The predicted octanol–water partition coefficient (Wildman–Crippen LogP) is 3.26. The minimum absolute atomic E-state index is 0.112. The van der Waals surface area contributed by atoms with Crippen molar-refractivity contribution in [3.8, 4) is 6.07 Å². The van der Waals surface area contributed by atoms with Crippen molar-refractivity contribution in [2.75, 3.05) is 5.73 Å². The maximum absolute atomic E-state index is 11.9. The number of halogens is 1. The van der Waals surface area contributed by atoms with Crippen molar-refractivity contribution in [1.29, 1.82) is 5.26 Å². The zero-order chi connectivity index (χ0) is 14.5. The van der Waals surface area contributed by atoms with Crippen molar-refractivity contribution < 1.29 is 9.53 Å². The van der Waals surface area contributed by atoms with Gasteiger partial charge in [-0.2, -0.15) is 5.26 Å². The van der Waals surface area contributed by atoms with E-state index in [1.165, 1.54) is 0 Å². The summed E-state index contributed by atoms with van der Waals surface area (Å²) < 4.78 is 5.92. The van der Waals surface area contributed by atoms with E-state index in [4.69, 9.17) is 15.7 Å². The van der Waals surface area contributed by atoms with Crippen molar-refractivity contribution in [3.05, 3.63) is 63.6 Å². The van der Waals surface area contributed by atoms with Gasteiger partial charge >= 0.3 is 5.97 Å². The Bertz CT molecular complexity index is 672. The summed E-state index contributed by atoms with van der Waals surface area (Å²) in [5.41, 5.74) is 7.83. The molecule has 100 valence electrons. The molecule has 0 radical (unpaired) electrons. The van der Waals surface area contributed by atoms with Gasteiger partial charge in [-0.05, 0) is 35.9 Å². The molecule has 5 heteroatoms. The molecular formula is C15H11BrN2O2. The highest BCUT2D eigenvalue weighted by Crippen LogP contribution is 2.18. The van der Waals surface area contributed by atoms with E-state index in [1.807, 2.05) is 6.07 Å². The molecule has 0 heterocycles. The normalized spacial score (nSPS) is 9.80. The first-order chi connectivity index (χ1) is 9.58. The highest BCUT2D eigenvalue weighted by atomic mass is 79.9. The third-order valence-corrected chi connectivity index (χ3v) is 3.04. The minimum Gasteiger partial charge on any atom is -0.457 e. The van der Waals surface area contributed by atoms with Gasteiger partial charge in [0.25, 0.3) is 0 Å². The molecule has 2 aromatic rings. The number of benzene rings is 2. The Hall–Kier alpha value is -2.32. The second-order valence-corrected chi connectivity index (χ2v) is 5.08. The second-order valence-electron chi connectivity index (χ2n) is 4.16. The van der Waals surface area contributed by atoms with Crippen molar-refractivity contribution in [3.63, 3.8) is 0 Å². The number of carbonyl (C=O) groups excluding carboxylic acids is 1. The summed E-state index contributed by atoms with van der Waals surface area (Å²) in [5, 5.41) is 8.80. The van der Waals surface area contributed by atoms with Crippen LogP contribution in [0.15, 0.2) is 46.9 Å². The largest absolute Gasteiger partial charge is 0.457 e. The molecule has 0 aromatic heterocycles. The van der Waals surface area contributed by atoms with Gasteiger partial charge in [0.15, 0.2) is 0 Å². The molecule has 0 aliphatic heterocycles. The Morgan fingerprint density at radius 2 is 2.10 bits per heavy atom. The van der Waals surface area contributed by atoms with Crippen LogP contribution in [-0.2, 0) is 11.3 Å². The third kappa shape index (κ3) is 3.59. The van der Waals surface area contributed by atoms with Crippen LogP contribution in [0.2, 0.25) is 0 Å². The smallest absolute Gasteiger partial charge is 0.338 e. The number of carbonyl (C=O) groups is 1. The number of nitriles is 1. The quantitative estimate of drug-likeness (QED) is 0.692. The fourth-order valence-electron chi connectivity index (χ4n) is 1.69. The van der Waals surface area contributed by atoms with Crippen LogP contribution in [-0.4, -0.2) is 5.97 Å². The van der Waals surface area contributed by atoms with Gasteiger partial charge in [-0.3, -0.25) is 0 Å². The number of esters is 1. The molecule has 0 aliphatic carbocycles. The second kappa shape index (κ2) is 6.22. The van der Waals surface area contributed by atoms with E-state index < -0.39 is 5.97 Å². The van der Waals surface area contributed by atoms with Crippen molar-refractivity contribution in [2.45, 2.75) is 6.61 Å². The van der Waals surface area contributed by atoms with E-state index in [0.717, 1.165) is 10.0 Å². The number of anilines is 1. The Kier molecular flexibility index (Phi) is 4.38. The zero-order valence-corrected chi connectivity index (χ0v) is 12.1. The lowest BCUT2D eigenvalue weighted by Gasteiger charge is -2.06. The van der Waals surface area contributed by atoms with Crippen LogP contribution < -0.4 is 5.73 Å². The Labute approximate surface area is 124 Å². The molecule has 20 heavy (non-hydrogen) atoms. The summed E-state index contributed by atoms with van der Waals surface area (Å²) in [6.07, 6.45) is 0. The fraction of sp³-hybridized carbons (Fsp3) is 0.0667. The lowest BCUT2D eigenvalue weighted by atomic mass is 10.1. The molecule has 0 spiro atoms. The first-order valence-corrected chi connectivity index (χ1v) is 6.60. The Balaban J connectivity index is 2.06. The molecule has 0 fully saturated rings. The van der Waals surface area contributed by atoms with Crippen molar-refractivity contribution in [1.82, 2.24) is 0 Å². The van der Waals surface area contributed by atoms with Gasteiger partial charge in [-0.25, -0.2) is 4.79 Å². The van der Waals surface area contributed by atoms with E-state index in [2.05, 4.69) is 15.9 Å². The van der Waals surface area contributed by atoms with Gasteiger partial charge in [0.1, 0.15) is 6.61 Å². The summed E-state index contributed by atoms with van der Waals surface area (Å²) in [5.74, 6) is -0.458. The number of nitrogen functional groups attached to an aromatic ring is 1. The number of nitrogens with two attached hydrogens (primary N) is 1. The number of rotatable bonds is 3. The Morgan fingerprint density at radius 3 is 2.80 bits per heavy atom. The molecule has 2 N–H and O–H groups in total. The monoisotopic (exact) mass is 330 g/mol. The Morgan fingerprint density at radius 1 is 1.30 bits per heavy atom. The molecule has 2 rings (SSSR count). The SMILES string of the molecule is N#Cc1cccc(COC(=O)c2cc(N)cc(Br)c2)c1. The lowest BCUT2D eigenvalue weighted by Crippen LogP contribution is -2.06. The van der Waals surface area contributed by atoms with Crippen molar-refractivity contribution >= 4 is 27.6 Å². The fourth-order valence-corrected chi connectivity index (χ4v) is 2.20. The predicted molar refractivity (Wildman–Crippen MR) is 78.8 cm³/mol. The average molecular weight is 331 g/mol. The summed E-state index contributed by atoms with van der Waals surface area (Å²) in [6, 6.07) is 13.9. The van der Waals surface area contributed by atoms with Crippen LogP contribution >= 0.6 is 15.9 Å². The van der Waals surface area contributed by atoms with Gasteiger partial charge in [0, 0.05) is 10.2 Å². The van der Waals surface area contributed by atoms with Crippen LogP contribution in [0.1, 0.15) is 21.5 Å². The van der Waals surface area contributed by atoms with E-state index in [9.17, 15) is 4.79 Å². The van der Waals surface area contributed by atoms with Gasteiger partial charge < -0.3 is 10.5 Å². The van der Waals surface area contributed by atoms with Crippen LogP contribution in [0.4, 0.5) is 5.69 Å². The average Bonchev–Trinajstić information content (AvgIpc) is 2.44. The highest BCUT2D eigenvalue weighted by molar-refractivity contribution is 9.10. The molecule has 0 saturated carbocycles. The van der Waals surface area contributed by atoms with Gasteiger partial charge in [0.2, 0.25) is 0 Å². The topological polar surface area (TPSA) is 76.1 Å². The third-order valence-electron chi connectivity index (χ3n) is 2.58. The van der Waals surface area contributed by atoms with Gasteiger partial charge in [-0.1, -0.05) is 28.1 Å². The lowest BCUT2D eigenvalue weighted by molar-refractivity contribution is 0.0472. The number of hydrogen-bond acceptors (Lipinski definition) is 4. The summed E-state index contributed by atoms with van der Waals surface area (Å²) in [4.78, 5) is 11.9. The molecule has 4 nitrogen and oxygen atoms in total. The summed E-state index contributed by atoms with van der Waals surface area (Å²) >= 11 is 3.27. The maximum Gasteiger partial charge on any atom is 0.338 e.